The van der Waals surface area contributed by atoms with Gasteiger partial charge in [-0.15, -0.1) is 0 Å². The Morgan fingerprint density at radius 2 is 1.92 bits per heavy atom. The third-order valence-corrected chi connectivity index (χ3v) is 7.66. The molecule has 2 fully saturated rings. The molecular weight excluding hydrogens is 481 g/mol. The highest BCUT2D eigenvalue weighted by Gasteiger charge is 2.60. The predicted molar refractivity (Wildman–Crippen MR) is 137 cm³/mol. The number of hydrogen-bond acceptors (Lipinski definition) is 4. The number of rotatable bonds is 6. The summed E-state index contributed by atoms with van der Waals surface area (Å²) in [5.41, 5.74) is 4.80. The van der Waals surface area contributed by atoms with Crippen molar-refractivity contribution in [1.82, 2.24) is 9.88 Å². The fourth-order valence-corrected chi connectivity index (χ4v) is 5.36. The number of alkyl halides is 3. The second-order valence-electron chi connectivity index (χ2n) is 10.8. The quantitative estimate of drug-likeness (QED) is 0.436. The number of unbranched alkanes of at least 4 members (excludes halogenated alkanes) is 1. The van der Waals surface area contributed by atoms with Crippen LogP contribution in [0, 0.1) is 5.92 Å². The summed E-state index contributed by atoms with van der Waals surface area (Å²) in [5.74, 6) is 0.498. The van der Waals surface area contributed by atoms with Crippen LogP contribution in [-0.2, 0) is 15.0 Å². The fourth-order valence-electron chi connectivity index (χ4n) is 5.36. The van der Waals surface area contributed by atoms with Gasteiger partial charge in [-0.1, -0.05) is 18.9 Å². The molecule has 37 heavy (non-hydrogen) atoms. The summed E-state index contributed by atoms with van der Waals surface area (Å²) in [6.45, 7) is 7.38. The molecule has 0 unspecified atom stereocenters. The standard InChI is InChI=1S/C23H28N4O2.C5H9F3/c1-15-5-3-4-6-19(15)25-16(2)12-27-20-11-24-10-9-18(20)23(22(27)29)13-26(14-23)21(28)17-7-8-17;1-2-3-4-5(6,7)8/h9-11,17H,3-8,12-14H2,1-2H3;2-4H2,1H3. The maximum atomic E-state index is 13.5. The molecule has 5 rings (SSSR count). The molecule has 0 N–H and O–H groups in total. The van der Waals surface area contributed by atoms with E-state index in [1.807, 2.05) is 22.8 Å². The summed E-state index contributed by atoms with van der Waals surface area (Å²) in [4.78, 5) is 38.8. The van der Waals surface area contributed by atoms with E-state index in [2.05, 4.69) is 11.9 Å². The lowest BCUT2D eigenvalue weighted by molar-refractivity contribution is -0.145. The monoisotopic (exact) mass is 518 g/mol. The number of carbonyl (C=O) groups is 2. The lowest BCUT2D eigenvalue weighted by Crippen LogP contribution is -2.65. The first kappa shape index (κ1) is 27.3. The number of pyridine rings is 1. The van der Waals surface area contributed by atoms with Gasteiger partial charge < -0.3 is 9.80 Å². The molecule has 4 aliphatic rings. The minimum atomic E-state index is -3.95. The van der Waals surface area contributed by atoms with Crippen LogP contribution in [0.25, 0.3) is 0 Å². The number of aliphatic imine (C=N–C) groups is 1. The van der Waals surface area contributed by atoms with Gasteiger partial charge in [-0.25, -0.2) is 0 Å². The van der Waals surface area contributed by atoms with Crippen molar-refractivity contribution in [1.29, 1.82) is 0 Å². The molecule has 0 bridgehead atoms. The average molecular weight is 519 g/mol. The molecule has 0 radical (unpaired) electrons. The number of anilines is 1. The second-order valence-corrected chi connectivity index (χ2v) is 10.8. The van der Waals surface area contributed by atoms with Crippen molar-refractivity contribution >= 4 is 23.2 Å². The van der Waals surface area contributed by atoms with Crippen LogP contribution < -0.4 is 4.90 Å². The third kappa shape index (κ3) is 6.07. The zero-order chi connectivity index (χ0) is 26.8. The van der Waals surface area contributed by atoms with Crippen LogP contribution in [0.1, 0.15) is 84.1 Å². The van der Waals surface area contributed by atoms with Crippen molar-refractivity contribution in [3.63, 3.8) is 0 Å². The zero-order valence-corrected chi connectivity index (χ0v) is 22.0. The lowest BCUT2D eigenvalue weighted by atomic mass is 9.74. The molecule has 0 aromatic carbocycles. The highest BCUT2D eigenvalue weighted by molar-refractivity contribution is 6.12. The maximum absolute atomic E-state index is 13.5. The van der Waals surface area contributed by atoms with Gasteiger partial charge in [0, 0.05) is 43.0 Å². The van der Waals surface area contributed by atoms with E-state index in [4.69, 9.17) is 4.99 Å². The number of amides is 2. The van der Waals surface area contributed by atoms with Gasteiger partial charge in [-0.05, 0) is 70.4 Å². The maximum Gasteiger partial charge on any atom is 0.389 e. The van der Waals surface area contributed by atoms with Crippen LogP contribution in [-0.4, -0.2) is 53.2 Å². The largest absolute Gasteiger partial charge is 0.389 e. The Balaban J connectivity index is 0.000000349. The van der Waals surface area contributed by atoms with Gasteiger partial charge in [0.15, 0.2) is 0 Å². The molecule has 1 aromatic rings. The first-order valence-corrected chi connectivity index (χ1v) is 13.4. The van der Waals surface area contributed by atoms with Gasteiger partial charge in [0.05, 0.1) is 18.4 Å². The second kappa shape index (κ2) is 11.0. The number of halogens is 3. The molecule has 9 heteroatoms. The molecule has 1 aromatic heterocycles. The first-order valence-electron chi connectivity index (χ1n) is 13.4. The molecule has 3 heterocycles. The number of aromatic nitrogens is 1. The summed E-state index contributed by atoms with van der Waals surface area (Å²) in [5, 5.41) is 0. The van der Waals surface area contributed by atoms with Crippen LogP contribution in [0.4, 0.5) is 18.9 Å². The number of fused-ring (bicyclic) bond motifs is 2. The van der Waals surface area contributed by atoms with E-state index in [0.29, 0.717) is 26.1 Å². The fraction of sp³-hybridized carbons (Fsp3) is 0.643. The number of allylic oxidation sites excluding steroid dienone is 2. The van der Waals surface area contributed by atoms with Gasteiger partial charge in [0.25, 0.3) is 0 Å². The van der Waals surface area contributed by atoms with E-state index < -0.39 is 18.0 Å². The zero-order valence-electron chi connectivity index (χ0n) is 22.0. The van der Waals surface area contributed by atoms with Crippen LogP contribution in [0.3, 0.4) is 0 Å². The summed E-state index contributed by atoms with van der Waals surface area (Å²) in [7, 11) is 0. The van der Waals surface area contributed by atoms with Crippen molar-refractivity contribution < 1.29 is 22.8 Å². The average Bonchev–Trinajstić information content (AvgIpc) is 3.64. The van der Waals surface area contributed by atoms with E-state index in [1.165, 1.54) is 24.1 Å². The van der Waals surface area contributed by atoms with Crippen LogP contribution in [0.2, 0.25) is 0 Å². The molecule has 2 aliphatic heterocycles. The van der Waals surface area contributed by atoms with Crippen molar-refractivity contribution in [2.75, 3.05) is 24.5 Å². The lowest BCUT2D eigenvalue weighted by Gasteiger charge is -2.47. The molecule has 2 amide bonds. The molecule has 6 nitrogen and oxygen atoms in total. The topological polar surface area (TPSA) is 65.9 Å². The van der Waals surface area contributed by atoms with E-state index >= 15 is 0 Å². The van der Waals surface area contributed by atoms with Crippen molar-refractivity contribution in [3.05, 3.63) is 35.3 Å². The number of carbonyl (C=O) groups excluding carboxylic acids is 2. The van der Waals surface area contributed by atoms with Gasteiger partial charge >= 0.3 is 6.18 Å². The van der Waals surface area contributed by atoms with E-state index in [-0.39, 0.29) is 24.2 Å². The van der Waals surface area contributed by atoms with Crippen molar-refractivity contribution in [2.24, 2.45) is 10.9 Å². The summed E-state index contributed by atoms with van der Waals surface area (Å²) >= 11 is 0. The van der Waals surface area contributed by atoms with E-state index in [9.17, 15) is 22.8 Å². The molecule has 0 atom stereocenters. The summed E-state index contributed by atoms with van der Waals surface area (Å²) < 4.78 is 33.7. The minimum absolute atomic E-state index is 0.0873. The number of likely N-dealkylation sites (tertiary alicyclic amines) is 1. The molecule has 1 saturated carbocycles. The Bertz CT molecular complexity index is 1090. The Kier molecular flexibility index (Phi) is 8.09. The molecular formula is C28H37F3N4O2. The number of nitrogens with zero attached hydrogens (tertiary/aromatic N) is 4. The Labute approximate surface area is 217 Å². The molecule has 1 spiro atoms. The van der Waals surface area contributed by atoms with Crippen molar-refractivity contribution in [2.45, 2.75) is 90.1 Å². The Morgan fingerprint density at radius 3 is 2.51 bits per heavy atom. The van der Waals surface area contributed by atoms with E-state index in [1.54, 1.807) is 19.3 Å². The summed E-state index contributed by atoms with van der Waals surface area (Å²) in [6, 6.07) is 1.95. The van der Waals surface area contributed by atoms with Crippen molar-refractivity contribution in [3.8, 4) is 0 Å². The molecule has 1 saturated heterocycles. The smallest absolute Gasteiger partial charge is 0.339 e. The third-order valence-electron chi connectivity index (χ3n) is 7.66. The van der Waals surface area contributed by atoms with Gasteiger partial charge in [-0.3, -0.25) is 19.6 Å². The van der Waals surface area contributed by atoms with Gasteiger partial charge in [-0.2, -0.15) is 13.2 Å². The molecule has 2 aliphatic carbocycles. The SMILES string of the molecule is CC(CN1C(=O)C2(CN(C(=O)C3CC3)C2)c2ccncc21)=NC1=C(C)CCCC1.CCCCC(F)(F)F. The highest BCUT2D eigenvalue weighted by Crippen LogP contribution is 2.48. The summed E-state index contributed by atoms with van der Waals surface area (Å²) in [6.07, 6.45) is 6.38. The van der Waals surface area contributed by atoms with Crippen LogP contribution in [0.5, 0.6) is 0 Å². The Morgan fingerprint density at radius 1 is 1.22 bits per heavy atom. The first-order chi connectivity index (χ1) is 17.6. The predicted octanol–water partition coefficient (Wildman–Crippen LogP) is 5.97. The van der Waals surface area contributed by atoms with Crippen LogP contribution in [0.15, 0.2) is 34.7 Å². The highest BCUT2D eigenvalue weighted by atomic mass is 19.4. The Hall–Kier alpha value is -2.71. The molecule has 202 valence electrons. The van der Waals surface area contributed by atoms with Crippen LogP contribution >= 0.6 is 0 Å². The van der Waals surface area contributed by atoms with E-state index in [0.717, 1.165) is 42.6 Å². The van der Waals surface area contributed by atoms with Gasteiger partial charge in [0.1, 0.15) is 5.41 Å². The number of hydrogen-bond donors (Lipinski definition) is 0. The normalized spacial score (nSPS) is 21.0. The van der Waals surface area contributed by atoms with Gasteiger partial charge in [0.2, 0.25) is 11.8 Å². The minimum Gasteiger partial charge on any atom is -0.339 e.